The van der Waals surface area contributed by atoms with Gasteiger partial charge >= 0.3 is 5.97 Å². The molecular formula is C12H13NO5. The van der Waals surface area contributed by atoms with Crippen molar-refractivity contribution in [2.75, 3.05) is 13.7 Å². The number of para-hydroxylation sites is 1. The molecule has 1 aliphatic heterocycles. The summed E-state index contributed by atoms with van der Waals surface area (Å²) in [5.41, 5.74) is 0.0639. The molecule has 1 aromatic carbocycles. The Morgan fingerprint density at radius 2 is 2.33 bits per heavy atom. The van der Waals surface area contributed by atoms with Gasteiger partial charge in [-0.15, -0.1) is 0 Å². The van der Waals surface area contributed by atoms with Gasteiger partial charge in [0.2, 0.25) is 0 Å². The lowest BCUT2D eigenvalue weighted by molar-refractivity contribution is -0.139. The van der Waals surface area contributed by atoms with E-state index in [9.17, 15) is 14.7 Å². The van der Waals surface area contributed by atoms with Crippen LogP contribution in [-0.4, -0.2) is 36.7 Å². The molecule has 1 saturated heterocycles. The summed E-state index contributed by atoms with van der Waals surface area (Å²) in [6, 6.07) is 3.92. The second-order valence-electron chi connectivity index (χ2n) is 3.84. The van der Waals surface area contributed by atoms with Gasteiger partial charge in [-0.2, -0.15) is 0 Å². The highest BCUT2D eigenvalue weighted by molar-refractivity contribution is 5.99. The molecule has 2 rings (SSSR count). The first-order valence-electron chi connectivity index (χ1n) is 5.47. The van der Waals surface area contributed by atoms with Crippen molar-refractivity contribution in [3.05, 3.63) is 23.8 Å². The number of benzene rings is 1. The molecule has 0 bridgehead atoms. The third-order valence-electron chi connectivity index (χ3n) is 2.70. The first kappa shape index (κ1) is 12.2. The molecule has 1 aliphatic rings. The van der Waals surface area contributed by atoms with E-state index in [1.54, 1.807) is 6.07 Å². The minimum Gasteiger partial charge on any atom is -0.504 e. The first-order valence-corrected chi connectivity index (χ1v) is 5.47. The normalized spacial score (nSPS) is 18.3. The maximum Gasteiger partial charge on any atom is 0.328 e. The summed E-state index contributed by atoms with van der Waals surface area (Å²) in [5.74, 6) is -1.03. The summed E-state index contributed by atoms with van der Waals surface area (Å²) in [4.78, 5) is 23.1. The molecule has 1 heterocycles. The summed E-state index contributed by atoms with van der Waals surface area (Å²) in [5, 5.41) is 12.3. The van der Waals surface area contributed by atoms with E-state index < -0.39 is 17.9 Å². The number of hydrogen-bond donors (Lipinski definition) is 2. The molecule has 96 valence electrons. The molecule has 1 aromatic rings. The van der Waals surface area contributed by atoms with Gasteiger partial charge in [-0.3, -0.25) is 4.79 Å². The van der Waals surface area contributed by atoms with Crippen LogP contribution in [0, 0.1) is 0 Å². The number of esters is 1. The average molecular weight is 251 g/mol. The number of cyclic esters (lactones) is 1. The number of methoxy groups -OCH3 is 1. The number of ether oxygens (including phenoxy) is 2. The SMILES string of the molecule is COc1cccc(C(=O)NC2CCOC2=O)c1O. The molecule has 1 unspecified atom stereocenters. The molecule has 1 atom stereocenters. The molecule has 1 fully saturated rings. The van der Waals surface area contributed by atoms with Crippen LogP contribution in [0.5, 0.6) is 11.5 Å². The summed E-state index contributed by atoms with van der Waals surface area (Å²) < 4.78 is 9.64. The maximum atomic E-state index is 11.9. The number of hydrogen-bond acceptors (Lipinski definition) is 5. The Kier molecular flexibility index (Phi) is 3.36. The average Bonchev–Trinajstić information content (AvgIpc) is 2.75. The highest BCUT2D eigenvalue weighted by atomic mass is 16.5. The van der Waals surface area contributed by atoms with Crippen molar-refractivity contribution >= 4 is 11.9 Å². The lowest BCUT2D eigenvalue weighted by Gasteiger charge is -2.11. The van der Waals surface area contributed by atoms with Gasteiger partial charge < -0.3 is 19.9 Å². The van der Waals surface area contributed by atoms with Crippen LogP contribution in [-0.2, 0) is 9.53 Å². The summed E-state index contributed by atoms with van der Waals surface area (Å²) in [7, 11) is 1.39. The van der Waals surface area contributed by atoms with Crippen molar-refractivity contribution < 1.29 is 24.2 Å². The van der Waals surface area contributed by atoms with Gasteiger partial charge in [0.15, 0.2) is 11.5 Å². The van der Waals surface area contributed by atoms with Crippen LogP contribution in [0.15, 0.2) is 18.2 Å². The molecule has 1 amide bonds. The topological polar surface area (TPSA) is 84.9 Å². The fraction of sp³-hybridized carbons (Fsp3) is 0.333. The van der Waals surface area contributed by atoms with Gasteiger partial charge in [0, 0.05) is 6.42 Å². The molecule has 0 radical (unpaired) electrons. The second kappa shape index (κ2) is 4.95. The number of rotatable bonds is 3. The van der Waals surface area contributed by atoms with Crippen molar-refractivity contribution in [2.45, 2.75) is 12.5 Å². The molecule has 0 aliphatic carbocycles. The van der Waals surface area contributed by atoms with Crippen LogP contribution in [0.25, 0.3) is 0 Å². The fourth-order valence-electron chi connectivity index (χ4n) is 1.73. The number of carbonyl (C=O) groups is 2. The van der Waals surface area contributed by atoms with Crippen molar-refractivity contribution in [3.63, 3.8) is 0 Å². The van der Waals surface area contributed by atoms with Crippen LogP contribution in [0.4, 0.5) is 0 Å². The Morgan fingerprint density at radius 1 is 1.56 bits per heavy atom. The van der Waals surface area contributed by atoms with Crippen molar-refractivity contribution in [1.29, 1.82) is 0 Å². The van der Waals surface area contributed by atoms with Crippen molar-refractivity contribution in [3.8, 4) is 11.5 Å². The van der Waals surface area contributed by atoms with Gasteiger partial charge in [0.25, 0.3) is 5.91 Å². The minimum absolute atomic E-state index is 0.0639. The van der Waals surface area contributed by atoms with Crippen LogP contribution >= 0.6 is 0 Å². The zero-order valence-corrected chi connectivity index (χ0v) is 9.80. The fourth-order valence-corrected chi connectivity index (χ4v) is 1.73. The Hall–Kier alpha value is -2.24. The van der Waals surface area contributed by atoms with Crippen LogP contribution in [0.3, 0.4) is 0 Å². The van der Waals surface area contributed by atoms with E-state index >= 15 is 0 Å². The second-order valence-corrected chi connectivity index (χ2v) is 3.84. The number of amides is 1. The summed E-state index contributed by atoms with van der Waals surface area (Å²) >= 11 is 0. The molecule has 0 aromatic heterocycles. The molecule has 6 heteroatoms. The molecule has 0 saturated carbocycles. The number of nitrogens with one attached hydrogen (secondary N) is 1. The molecular weight excluding hydrogens is 238 g/mol. The Balaban J connectivity index is 2.16. The standard InChI is InChI=1S/C12H13NO5/c1-17-9-4-2-3-7(10(9)14)11(15)13-8-5-6-18-12(8)16/h2-4,8,14H,5-6H2,1H3,(H,13,15). The van der Waals surface area contributed by atoms with Gasteiger partial charge in [0.1, 0.15) is 6.04 Å². The Bertz CT molecular complexity index is 485. The summed E-state index contributed by atoms with van der Waals surface area (Å²) in [6.45, 7) is 0.299. The van der Waals surface area contributed by atoms with Gasteiger partial charge in [0.05, 0.1) is 19.3 Å². The van der Waals surface area contributed by atoms with E-state index in [4.69, 9.17) is 9.47 Å². The lowest BCUT2D eigenvalue weighted by atomic mass is 10.1. The smallest absolute Gasteiger partial charge is 0.328 e. The molecule has 2 N–H and O–H groups in total. The predicted octanol–water partition coefficient (Wildman–Crippen LogP) is 0.446. The predicted molar refractivity (Wildman–Crippen MR) is 61.5 cm³/mol. The van der Waals surface area contributed by atoms with Crippen LogP contribution < -0.4 is 10.1 Å². The minimum atomic E-state index is -0.650. The first-order chi connectivity index (χ1) is 8.63. The van der Waals surface area contributed by atoms with Crippen molar-refractivity contribution in [2.24, 2.45) is 0 Å². The monoisotopic (exact) mass is 251 g/mol. The third kappa shape index (κ3) is 2.22. The highest BCUT2D eigenvalue weighted by Crippen LogP contribution is 2.29. The quantitative estimate of drug-likeness (QED) is 0.762. The highest BCUT2D eigenvalue weighted by Gasteiger charge is 2.29. The lowest BCUT2D eigenvalue weighted by Crippen LogP contribution is -2.37. The largest absolute Gasteiger partial charge is 0.504 e. The van der Waals surface area contributed by atoms with E-state index in [1.807, 2.05) is 0 Å². The molecule has 18 heavy (non-hydrogen) atoms. The van der Waals surface area contributed by atoms with Gasteiger partial charge in [-0.25, -0.2) is 4.79 Å². The van der Waals surface area contributed by atoms with E-state index in [0.29, 0.717) is 13.0 Å². The van der Waals surface area contributed by atoms with E-state index in [-0.39, 0.29) is 17.1 Å². The number of carbonyl (C=O) groups excluding carboxylic acids is 2. The van der Waals surface area contributed by atoms with Crippen molar-refractivity contribution in [1.82, 2.24) is 5.32 Å². The number of phenols is 1. The molecule has 6 nitrogen and oxygen atoms in total. The number of aromatic hydroxyl groups is 1. The Labute approximate surface area is 104 Å². The maximum absolute atomic E-state index is 11.9. The number of phenolic OH excluding ortho intramolecular Hbond substituents is 1. The van der Waals surface area contributed by atoms with E-state index in [1.165, 1.54) is 19.2 Å². The van der Waals surface area contributed by atoms with Crippen LogP contribution in [0.1, 0.15) is 16.8 Å². The molecule has 0 spiro atoms. The van der Waals surface area contributed by atoms with E-state index in [2.05, 4.69) is 5.32 Å². The zero-order chi connectivity index (χ0) is 13.1. The Morgan fingerprint density at radius 3 is 2.94 bits per heavy atom. The third-order valence-corrected chi connectivity index (χ3v) is 2.70. The van der Waals surface area contributed by atoms with Crippen LogP contribution in [0.2, 0.25) is 0 Å². The van der Waals surface area contributed by atoms with Gasteiger partial charge in [-0.05, 0) is 12.1 Å². The van der Waals surface area contributed by atoms with E-state index in [0.717, 1.165) is 0 Å². The summed E-state index contributed by atoms with van der Waals surface area (Å²) in [6.07, 6.45) is 0.440. The zero-order valence-electron chi connectivity index (χ0n) is 9.80. The van der Waals surface area contributed by atoms with Gasteiger partial charge in [-0.1, -0.05) is 6.07 Å².